The highest BCUT2D eigenvalue weighted by Crippen LogP contribution is 1.97. The van der Waals surface area contributed by atoms with E-state index in [1.165, 1.54) is 0 Å². The fourth-order valence-electron chi connectivity index (χ4n) is 0.825. The molecule has 0 aliphatic rings. The lowest BCUT2D eigenvalue weighted by Crippen LogP contribution is -2.25. The Labute approximate surface area is 85.5 Å². The lowest BCUT2D eigenvalue weighted by molar-refractivity contribution is -0.147. The molecule has 14 heavy (non-hydrogen) atoms. The van der Waals surface area contributed by atoms with Crippen molar-refractivity contribution in [3.8, 4) is 0 Å². The average molecular weight is 200 g/mol. The number of nitrogens with one attached hydrogen (secondary N) is 1. The molecule has 82 valence electrons. The molecule has 1 atom stereocenters. The molecule has 0 aromatic carbocycles. The SMILES string of the molecule is CCCOC(=O)C(C)CNC=C(C)N. The summed E-state index contributed by atoms with van der Waals surface area (Å²) in [5.41, 5.74) is 6.11. The van der Waals surface area contributed by atoms with Gasteiger partial charge in [-0.25, -0.2) is 0 Å². The van der Waals surface area contributed by atoms with Gasteiger partial charge in [0.25, 0.3) is 0 Å². The van der Waals surface area contributed by atoms with Crippen LogP contribution in [0.3, 0.4) is 0 Å². The van der Waals surface area contributed by atoms with Crippen LogP contribution in [0.1, 0.15) is 27.2 Å². The number of nitrogens with two attached hydrogens (primary N) is 1. The van der Waals surface area contributed by atoms with Crippen molar-refractivity contribution in [2.75, 3.05) is 13.2 Å². The van der Waals surface area contributed by atoms with Gasteiger partial charge in [0.1, 0.15) is 0 Å². The van der Waals surface area contributed by atoms with Crippen molar-refractivity contribution in [3.05, 3.63) is 11.9 Å². The molecule has 0 amide bonds. The van der Waals surface area contributed by atoms with Gasteiger partial charge in [0.2, 0.25) is 0 Å². The predicted octanol–water partition coefficient (Wildman–Crippen LogP) is 0.985. The average Bonchev–Trinajstić information content (AvgIpc) is 2.13. The van der Waals surface area contributed by atoms with Crippen molar-refractivity contribution in [1.29, 1.82) is 0 Å². The number of carbonyl (C=O) groups is 1. The molecule has 3 N–H and O–H groups in total. The van der Waals surface area contributed by atoms with E-state index in [9.17, 15) is 4.79 Å². The molecule has 4 nitrogen and oxygen atoms in total. The number of hydrogen-bond acceptors (Lipinski definition) is 4. The van der Waals surface area contributed by atoms with Gasteiger partial charge < -0.3 is 15.8 Å². The minimum atomic E-state index is -0.164. The summed E-state index contributed by atoms with van der Waals surface area (Å²) < 4.78 is 4.98. The number of esters is 1. The second-order valence-electron chi connectivity index (χ2n) is 3.37. The third-order valence-corrected chi connectivity index (χ3v) is 1.60. The first-order chi connectivity index (χ1) is 6.57. The molecule has 0 rings (SSSR count). The zero-order valence-corrected chi connectivity index (χ0v) is 9.17. The summed E-state index contributed by atoms with van der Waals surface area (Å²) in [4.78, 5) is 11.3. The monoisotopic (exact) mass is 200 g/mol. The van der Waals surface area contributed by atoms with E-state index in [4.69, 9.17) is 10.5 Å². The summed E-state index contributed by atoms with van der Waals surface area (Å²) in [5.74, 6) is -0.306. The third-order valence-electron chi connectivity index (χ3n) is 1.60. The standard InChI is InChI=1S/C10H20N2O2/c1-4-5-14-10(13)8(2)6-12-7-9(3)11/h7-8,12H,4-6,11H2,1-3H3. The van der Waals surface area contributed by atoms with Gasteiger partial charge >= 0.3 is 5.97 Å². The first-order valence-corrected chi connectivity index (χ1v) is 4.90. The Kier molecular flexibility index (Phi) is 6.62. The van der Waals surface area contributed by atoms with Crippen molar-refractivity contribution in [1.82, 2.24) is 5.32 Å². The maximum absolute atomic E-state index is 11.3. The van der Waals surface area contributed by atoms with Gasteiger partial charge in [0.05, 0.1) is 12.5 Å². The van der Waals surface area contributed by atoms with Gasteiger partial charge in [-0.15, -0.1) is 0 Å². The molecule has 0 spiro atoms. The minimum Gasteiger partial charge on any atom is -0.465 e. The van der Waals surface area contributed by atoms with Gasteiger partial charge in [-0.2, -0.15) is 0 Å². The van der Waals surface area contributed by atoms with Gasteiger partial charge in [-0.3, -0.25) is 4.79 Å². The number of allylic oxidation sites excluding steroid dienone is 1. The lowest BCUT2D eigenvalue weighted by Gasteiger charge is -2.10. The van der Waals surface area contributed by atoms with Crippen LogP contribution in [-0.2, 0) is 9.53 Å². The van der Waals surface area contributed by atoms with E-state index in [1.807, 2.05) is 13.8 Å². The molecule has 0 heterocycles. The Morgan fingerprint density at radius 2 is 2.29 bits per heavy atom. The summed E-state index contributed by atoms with van der Waals surface area (Å²) >= 11 is 0. The fourth-order valence-corrected chi connectivity index (χ4v) is 0.825. The number of ether oxygens (including phenoxy) is 1. The Morgan fingerprint density at radius 3 is 2.79 bits per heavy atom. The van der Waals surface area contributed by atoms with E-state index in [0.717, 1.165) is 6.42 Å². The van der Waals surface area contributed by atoms with Crippen LogP contribution in [0.2, 0.25) is 0 Å². The summed E-state index contributed by atoms with van der Waals surface area (Å²) in [7, 11) is 0. The Hall–Kier alpha value is -1.19. The largest absolute Gasteiger partial charge is 0.465 e. The van der Waals surface area contributed by atoms with Gasteiger partial charge in [0.15, 0.2) is 0 Å². The maximum atomic E-state index is 11.3. The number of hydrogen-bond donors (Lipinski definition) is 2. The van der Waals surface area contributed by atoms with E-state index in [2.05, 4.69) is 5.32 Å². The van der Waals surface area contributed by atoms with E-state index in [1.54, 1.807) is 13.1 Å². The predicted molar refractivity (Wildman–Crippen MR) is 56.4 cm³/mol. The fraction of sp³-hybridized carbons (Fsp3) is 0.700. The second kappa shape index (κ2) is 7.24. The van der Waals surface area contributed by atoms with Crippen LogP contribution in [0.5, 0.6) is 0 Å². The van der Waals surface area contributed by atoms with Crippen LogP contribution in [0.15, 0.2) is 11.9 Å². The van der Waals surface area contributed by atoms with Gasteiger partial charge in [0, 0.05) is 18.4 Å². The Morgan fingerprint density at radius 1 is 1.64 bits per heavy atom. The molecule has 0 bridgehead atoms. The maximum Gasteiger partial charge on any atom is 0.310 e. The van der Waals surface area contributed by atoms with Crippen molar-refractivity contribution < 1.29 is 9.53 Å². The Balaban J connectivity index is 3.67. The molecule has 0 saturated heterocycles. The van der Waals surface area contributed by atoms with Crippen LogP contribution < -0.4 is 11.1 Å². The molecule has 4 heteroatoms. The highest BCUT2D eigenvalue weighted by Gasteiger charge is 2.12. The zero-order valence-electron chi connectivity index (χ0n) is 9.17. The van der Waals surface area contributed by atoms with Crippen molar-refractivity contribution >= 4 is 5.97 Å². The lowest BCUT2D eigenvalue weighted by atomic mass is 10.2. The quantitative estimate of drug-likeness (QED) is 0.627. The van der Waals surface area contributed by atoms with Crippen molar-refractivity contribution in [2.45, 2.75) is 27.2 Å². The highest BCUT2D eigenvalue weighted by molar-refractivity contribution is 5.72. The molecule has 0 saturated carbocycles. The molecule has 0 aliphatic heterocycles. The zero-order chi connectivity index (χ0) is 11.0. The van der Waals surface area contributed by atoms with Gasteiger partial charge in [-0.05, 0) is 13.3 Å². The molecular weight excluding hydrogens is 180 g/mol. The second-order valence-corrected chi connectivity index (χ2v) is 3.37. The van der Waals surface area contributed by atoms with Crippen LogP contribution in [0, 0.1) is 5.92 Å². The van der Waals surface area contributed by atoms with Crippen LogP contribution >= 0.6 is 0 Å². The van der Waals surface area contributed by atoms with E-state index in [0.29, 0.717) is 18.8 Å². The van der Waals surface area contributed by atoms with Crippen LogP contribution in [-0.4, -0.2) is 19.1 Å². The molecule has 0 aromatic heterocycles. The Bertz CT molecular complexity index is 198. The number of rotatable bonds is 6. The summed E-state index contributed by atoms with van der Waals surface area (Å²) in [5, 5.41) is 2.95. The first-order valence-electron chi connectivity index (χ1n) is 4.90. The van der Waals surface area contributed by atoms with E-state index in [-0.39, 0.29) is 11.9 Å². The molecular formula is C10H20N2O2. The highest BCUT2D eigenvalue weighted by atomic mass is 16.5. The normalized spacial score (nSPS) is 13.5. The molecule has 0 aliphatic carbocycles. The van der Waals surface area contributed by atoms with E-state index >= 15 is 0 Å². The van der Waals surface area contributed by atoms with Crippen molar-refractivity contribution in [2.24, 2.45) is 11.7 Å². The molecule has 0 radical (unpaired) electrons. The van der Waals surface area contributed by atoms with Crippen LogP contribution in [0.25, 0.3) is 0 Å². The molecule has 1 unspecified atom stereocenters. The smallest absolute Gasteiger partial charge is 0.310 e. The topological polar surface area (TPSA) is 64.3 Å². The molecule has 0 aromatic rings. The van der Waals surface area contributed by atoms with E-state index < -0.39 is 0 Å². The summed E-state index contributed by atoms with van der Waals surface area (Å²) in [6.07, 6.45) is 2.54. The molecule has 0 fully saturated rings. The third kappa shape index (κ3) is 6.34. The van der Waals surface area contributed by atoms with Gasteiger partial charge in [-0.1, -0.05) is 13.8 Å². The first kappa shape index (κ1) is 12.8. The summed E-state index contributed by atoms with van der Waals surface area (Å²) in [6.45, 7) is 6.63. The summed E-state index contributed by atoms with van der Waals surface area (Å²) in [6, 6.07) is 0. The van der Waals surface area contributed by atoms with Crippen molar-refractivity contribution in [3.63, 3.8) is 0 Å². The van der Waals surface area contributed by atoms with Crippen LogP contribution in [0.4, 0.5) is 0 Å². The number of carbonyl (C=O) groups excluding carboxylic acids is 1. The minimum absolute atomic E-state index is 0.142.